The van der Waals surface area contributed by atoms with Crippen LogP contribution in [-0.2, 0) is 19.1 Å². The Hall–Kier alpha value is -2.74. The summed E-state index contributed by atoms with van der Waals surface area (Å²) in [6.07, 6.45) is 16.3. The van der Waals surface area contributed by atoms with E-state index in [-0.39, 0.29) is 36.4 Å². The van der Waals surface area contributed by atoms with Gasteiger partial charge in [-0.25, -0.2) is 4.79 Å². The summed E-state index contributed by atoms with van der Waals surface area (Å²) in [6.45, 7) is 13.4. The maximum absolute atomic E-state index is 12.6. The second-order valence-electron chi connectivity index (χ2n) is 11.6. The number of hydrogen-bond donors (Lipinski definition) is 3. The molecule has 1 aliphatic heterocycles. The van der Waals surface area contributed by atoms with Crippen molar-refractivity contribution in [3.05, 3.63) is 71.4 Å². The van der Waals surface area contributed by atoms with Gasteiger partial charge in [-0.15, -0.1) is 0 Å². The van der Waals surface area contributed by atoms with Gasteiger partial charge in [0.15, 0.2) is 0 Å². The topological polar surface area (TPSA) is 113 Å². The van der Waals surface area contributed by atoms with Gasteiger partial charge in [0.1, 0.15) is 12.2 Å². The number of ether oxygens (including phenoxy) is 2. The van der Waals surface area contributed by atoms with Crippen molar-refractivity contribution in [2.45, 2.75) is 118 Å². The van der Waals surface area contributed by atoms with Crippen LogP contribution < -0.4 is 0 Å². The molecule has 0 aromatic heterocycles. The summed E-state index contributed by atoms with van der Waals surface area (Å²) in [7, 11) is 0. The largest absolute Gasteiger partial charge is 0.462 e. The van der Waals surface area contributed by atoms with Gasteiger partial charge in [0.2, 0.25) is 0 Å². The molecule has 0 aromatic rings. The minimum atomic E-state index is -1.05. The molecular weight excluding hydrogens is 520 g/mol. The quantitative estimate of drug-likeness (QED) is 0.119. The van der Waals surface area contributed by atoms with Crippen LogP contribution in [0.2, 0.25) is 0 Å². The van der Waals surface area contributed by atoms with Crippen LogP contribution in [0.25, 0.3) is 0 Å². The number of aliphatic hydroxyl groups is 3. The van der Waals surface area contributed by atoms with Gasteiger partial charge in [-0.2, -0.15) is 0 Å². The molecule has 0 amide bonds. The normalized spacial score (nSPS) is 25.4. The fourth-order valence-corrected chi connectivity index (χ4v) is 4.40. The van der Waals surface area contributed by atoms with Gasteiger partial charge in [-0.05, 0) is 58.8 Å². The van der Waals surface area contributed by atoms with E-state index in [1.807, 2.05) is 45.1 Å². The number of allylic oxidation sites excluding steroid dienone is 9. The first-order valence-corrected chi connectivity index (χ1v) is 14.8. The molecule has 0 spiro atoms. The molecular formula is C34H52O7. The maximum atomic E-state index is 12.6. The van der Waals surface area contributed by atoms with E-state index in [2.05, 4.69) is 32.9 Å². The second kappa shape index (κ2) is 19.4. The van der Waals surface area contributed by atoms with Crippen molar-refractivity contribution >= 4 is 11.9 Å². The fourth-order valence-electron chi connectivity index (χ4n) is 4.40. The number of aliphatic hydroxyl groups excluding tert-OH is 3. The molecule has 3 N–H and O–H groups in total. The molecule has 0 saturated heterocycles. The number of hydrogen-bond acceptors (Lipinski definition) is 7. The number of esters is 2. The Bertz CT molecular complexity index is 997. The highest BCUT2D eigenvalue weighted by molar-refractivity contribution is 5.82. The maximum Gasteiger partial charge on any atom is 0.331 e. The van der Waals surface area contributed by atoms with Crippen molar-refractivity contribution in [2.24, 2.45) is 11.8 Å². The highest BCUT2D eigenvalue weighted by atomic mass is 16.5. The van der Waals surface area contributed by atoms with E-state index < -0.39 is 24.3 Å². The van der Waals surface area contributed by atoms with Gasteiger partial charge in [0.05, 0.1) is 18.3 Å². The average molecular weight is 573 g/mol. The fraction of sp³-hybridized carbons (Fsp3) is 0.588. The van der Waals surface area contributed by atoms with E-state index >= 15 is 0 Å². The number of carbonyl (C=O) groups excluding carboxylic acids is 2. The van der Waals surface area contributed by atoms with Crippen LogP contribution in [0.5, 0.6) is 0 Å². The van der Waals surface area contributed by atoms with Gasteiger partial charge < -0.3 is 24.8 Å². The monoisotopic (exact) mass is 572 g/mol. The summed E-state index contributed by atoms with van der Waals surface area (Å²) < 4.78 is 11.4. The Kier molecular flexibility index (Phi) is 17.2. The highest BCUT2D eigenvalue weighted by Gasteiger charge is 2.23. The standard InChI is InChI=1S/C34H52O7/c1-23(2)31-15-9-8-14-27(6)32(16-11-17-33(38)40-31)41-34(39)19-18-26(5)20-24(3)12-10-13-25(4)21-29(36)30(37)22-28(7)35/h8-10,12-13,18-21,23,27-32,35-37H,11,14-17,22H2,1-7H3/b9-8-,13-10+,19-18+,24-12+,25-21+,26-20+/t27-,28+,29+,30+,31+,32-/m0/s1. The van der Waals surface area contributed by atoms with Crippen LogP contribution in [-0.4, -0.2) is 57.8 Å². The summed E-state index contributed by atoms with van der Waals surface area (Å²) in [5, 5.41) is 29.3. The summed E-state index contributed by atoms with van der Waals surface area (Å²) in [6, 6.07) is 0. The number of carbonyl (C=O) groups is 2. The molecule has 41 heavy (non-hydrogen) atoms. The lowest BCUT2D eigenvalue weighted by molar-refractivity contribution is -0.151. The molecule has 230 valence electrons. The molecule has 0 fully saturated rings. The van der Waals surface area contributed by atoms with Crippen LogP contribution in [0.1, 0.15) is 87.0 Å². The highest BCUT2D eigenvalue weighted by Crippen LogP contribution is 2.22. The number of rotatable bonds is 11. The van der Waals surface area contributed by atoms with E-state index in [1.165, 1.54) is 6.08 Å². The molecule has 6 atom stereocenters. The van der Waals surface area contributed by atoms with Gasteiger partial charge in [-0.3, -0.25) is 4.79 Å². The first-order valence-electron chi connectivity index (χ1n) is 14.8. The van der Waals surface area contributed by atoms with E-state index in [9.17, 15) is 24.9 Å². The van der Waals surface area contributed by atoms with Gasteiger partial charge in [0.25, 0.3) is 0 Å². The van der Waals surface area contributed by atoms with Crippen LogP contribution in [0, 0.1) is 11.8 Å². The van der Waals surface area contributed by atoms with Gasteiger partial charge in [0, 0.05) is 25.3 Å². The molecule has 0 aliphatic carbocycles. The summed E-state index contributed by atoms with van der Waals surface area (Å²) in [4.78, 5) is 24.9. The third-order valence-electron chi connectivity index (χ3n) is 6.91. The Labute approximate surface area is 247 Å². The molecule has 0 bridgehead atoms. The molecule has 7 nitrogen and oxygen atoms in total. The lowest BCUT2D eigenvalue weighted by Gasteiger charge is -2.24. The summed E-state index contributed by atoms with van der Waals surface area (Å²) >= 11 is 0. The van der Waals surface area contributed by atoms with Crippen molar-refractivity contribution in [3.63, 3.8) is 0 Å². The third kappa shape index (κ3) is 16.3. The zero-order valence-electron chi connectivity index (χ0n) is 26.0. The Morgan fingerprint density at radius 2 is 1.71 bits per heavy atom. The molecule has 0 unspecified atom stereocenters. The smallest absolute Gasteiger partial charge is 0.331 e. The summed E-state index contributed by atoms with van der Waals surface area (Å²) in [5.74, 6) is -0.228. The minimum Gasteiger partial charge on any atom is -0.462 e. The Morgan fingerprint density at radius 1 is 1.02 bits per heavy atom. The molecule has 7 heteroatoms. The van der Waals surface area contributed by atoms with Gasteiger partial charge in [-0.1, -0.05) is 86.1 Å². The third-order valence-corrected chi connectivity index (χ3v) is 6.91. The van der Waals surface area contributed by atoms with E-state index in [0.29, 0.717) is 25.7 Å². The van der Waals surface area contributed by atoms with E-state index in [4.69, 9.17) is 9.47 Å². The lowest BCUT2D eigenvalue weighted by atomic mass is 9.94. The first-order chi connectivity index (χ1) is 19.3. The van der Waals surface area contributed by atoms with Crippen molar-refractivity contribution < 1.29 is 34.4 Å². The Morgan fingerprint density at radius 3 is 2.37 bits per heavy atom. The summed E-state index contributed by atoms with van der Waals surface area (Å²) in [5.41, 5.74) is 2.62. The first kappa shape index (κ1) is 36.3. The van der Waals surface area contributed by atoms with E-state index in [1.54, 1.807) is 19.1 Å². The minimum absolute atomic E-state index is 0.102. The molecule has 1 heterocycles. The zero-order chi connectivity index (χ0) is 30.9. The predicted octanol–water partition coefficient (Wildman–Crippen LogP) is 6.07. The van der Waals surface area contributed by atoms with Crippen molar-refractivity contribution in [2.75, 3.05) is 0 Å². The molecule has 1 aliphatic rings. The number of cyclic esters (lactones) is 1. The van der Waals surface area contributed by atoms with Crippen molar-refractivity contribution in [3.8, 4) is 0 Å². The molecule has 0 aromatic carbocycles. The van der Waals surface area contributed by atoms with Crippen LogP contribution in [0.4, 0.5) is 0 Å². The van der Waals surface area contributed by atoms with Crippen molar-refractivity contribution in [1.82, 2.24) is 0 Å². The molecule has 0 saturated carbocycles. The predicted molar refractivity (Wildman–Crippen MR) is 164 cm³/mol. The zero-order valence-corrected chi connectivity index (χ0v) is 26.0. The van der Waals surface area contributed by atoms with E-state index in [0.717, 1.165) is 23.1 Å². The average Bonchev–Trinajstić information content (AvgIpc) is 2.87. The SMILES string of the molecule is CC(=C\C=C\C(C)=C\[C@@H](O)[C@H](O)C[C@@H](C)O)/C=C(C)/C=C/C(=O)O[C@H]1CCCC(=O)O[C@@H](C(C)C)C/C=C\C[C@@H]1C. The molecule has 0 radical (unpaired) electrons. The van der Waals surface area contributed by atoms with Gasteiger partial charge >= 0.3 is 11.9 Å². The Balaban J connectivity index is 2.73. The van der Waals surface area contributed by atoms with Crippen LogP contribution in [0.3, 0.4) is 0 Å². The molecule has 1 rings (SSSR count). The van der Waals surface area contributed by atoms with Crippen LogP contribution in [0.15, 0.2) is 71.4 Å². The van der Waals surface area contributed by atoms with Crippen LogP contribution >= 0.6 is 0 Å². The van der Waals surface area contributed by atoms with Crippen molar-refractivity contribution in [1.29, 1.82) is 0 Å². The lowest BCUT2D eigenvalue weighted by Crippen LogP contribution is -2.27. The second-order valence-corrected chi connectivity index (χ2v) is 11.6.